The van der Waals surface area contributed by atoms with E-state index in [1.807, 2.05) is 19.9 Å². The number of hydrogen-bond acceptors (Lipinski definition) is 9. The molecule has 9 heteroatoms. The van der Waals surface area contributed by atoms with E-state index < -0.39 is 5.97 Å². The molecule has 0 bridgehead atoms. The van der Waals surface area contributed by atoms with Crippen LogP contribution in [0.2, 0.25) is 0 Å². The molecule has 1 N–H and O–H groups in total. The monoisotopic (exact) mass is 505 g/mol. The summed E-state index contributed by atoms with van der Waals surface area (Å²) in [6.45, 7) is 10.2. The van der Waals surface area contributed by atoms with Crippen molar-refractivity contribution in [2.75, 3.05) is 21.3 Å². The molecule has 0 unspecified atom stereocenters. The van der Waals surface area contributed by atoms with Gasteiger partial charge in [-0.25, -0.2) is 4.79 Å². The van der Waals surface area contributed by atoms with E-state index >= 15 is 0 Å². The molecule has 0 saturated heterocycles. The highest BCUT2D eigenvalue weighted by atomic mass is 16.6. The molecule has 9 nitrogen and oxygen atoms in total. The van der Waals surface area contributed by atoms with Gasteiger partial charge in [0.25, 0.3) is 0 Å². The summed E-state index contributed by atoms with van der Waals surface area (Å²) < 4.78 is 21.5. The Morgan fingerprint density at radius 3 is 2.49 bits per heavy atom. The summed E-state index contributed by atoms with van der Waals surface area (Å²) in [7, 11) is 4.11. The van der Waals surface area contributed by atoms with Crippen LogP contribution in [0.3, 0.4) is 0 Å². The summed E-state index contributed by atoms with van der Waals surface area (Å²) in [5.74, 6) is 0.403. The molecule has 0 radical (unpaired) electrons. The zero-order valence-corrected chi connectivity index (χ0v) is 21.9. The lowest BCUT2D eigenvalue weighted by Gasteiger charge is -2.16. The summed E-state index contributed by atoms with van der Waals surface area (Å²) >= 11 is 0. The number of hydroxylamine groups is 1. The highest BCUT2D eigenvalue weighted by Gasteiger charge is 2.26. The summed E-state index contributed by atoms with van der Waals surface area (Å²) in [5, 5.41) is 0. The fraction of sp³-hybridized carbons (Fsp3) is 0.250. The van der Waals surface area contributed by atoms with E-state index in [9.17, 15) is 4.79 Å². The van der Waals surface area contributed by atoms with E-state index in [2.05, 4.69) is 40.2 Å². The molecule has 0 aliphatic rings. The number of rotatable bonds is 11. The maximum absolute atomic E-state index is 12.5. The molecule has 3 aromatic rings. The van der Waals surface area contributed by atoms with Crippen molar-refractivity contribution in [3.8, 4) is 17.5 Å². The molecular formula is C28H31N3O6. The van der Waals surface area contributed by atoms with Gasteiger partial charge < -0.3 is 18.9 Å². The summed E-state index contributed by atoms with van der Waals surface area (Å²) in [4.78, 5) is 26.8. The SMILES string of the molecule is C=C(NOCc1cc(C)ccc1C)c1cccc(Oc2nc(C)nc(OC)c2C(=COC)C(=O)OC)c1. The van der Waals surface area contributed by atoms with E-state index in [4.69, 9.17) is 23.8 Å². The minimum absolute atomic E-state index is 0.0407. The van der Waals surface area contributed by atoms with Gasteiger partial charge >= 0.3 is 5.97 Å². The van der Waals surface area contributed by atoms with Crippen LogP contribution >= 0.6 is 0 Å². The zero-order chi connectivity index (χ0) is 26.9. The van der Waals surface area contributed by atoms with Gasteiger partial charge in [-0.15, -0.1) is 0 Å². The number of carbonyl (C=O) groups excluding carboxylic acids is 1. The topological polar surface area (TPSA) is 101 Å². The molecular weight excluding hydrogens is 474 g/mol. The Labute approximate surface area is 216 Å². The average molecular weight is 506 g/mol. The number of nitrogens with one attached hydrogen (secondary N) is 1. The third kappa shape index (κ3) is 6.86. The Morgan fingerprint density at radius 1 is 1.03 bits per heavy atom. The maximum atomic E-state index is 12.5. The third-order valence-corrected chi connectivity index (χ3v) is 5.38. The van der Waals surface area contributed by atoms with Crippen molar-refractivity contribution >= 4 is 17.2 Å². The minimum Gasteiger partial charge on any atom is -0.503 e. The first-order valence-electron chi connectivity index (χ1n) is 11.4. The first-order valence-corrected chi connectivity index (χ1v) is 11.4. The van der Waals surface area contributed by atoms with Crippen molar-refractivity contribution in [1.29, 1.82) is 0 Å². The number of aromatic nitrogens is 2. The largest absolute Gasteiger partial charge is 0.503 e. The Balaban J connectivity index is 1.84. The molecule has 0 spiro atoms. The van der Waals surface area contributed by atoms with Gasteiger partial charge in [0.15, 0.2) is 0 Å². The molecule has 2 aromatic carbocycles. The Morgan fingerprint density at radius 2 is 1.78 bits per heavy atom. The van der Waals surface area contributed by atoms with Crippen LogP contribution in [0.15, 0.2) is 55.3 Å². The Kier molecular flexibility index (Phi) is 9.23. The third-order valence-electron chi connectivity index (χ3n) is 5.38. The van der Waals surface area contributed by atoms with Gasteiger partial charge in [-0.3, -0.25) is 10.3 Å². The number of aryl methyl sites for hydroxylation is 3. The van der Waals surface area contributed by atoms with Crippen LogP contribution in [0.5, 0.6) is 17.5 Å². The van der Waals surface area contributed by atoms with Crippen LogP contribution in [0, 0.1) is 20.8 Å². The number of esters is 1. The van der Waals surface area contributed by atoms with Crippen LogP contribution in [0.1, 0.15) is 33.6 Å². The second-order valence-corrected chi connectivity index (χ2v) is 8.15. The summed E-state index contributed by atoms with van der Waals surface area (Å²) in [5.41, 5.74) is 7.81. The van der Waals surface area contributed by atoms with Crippen molar-refractivity contribution < 1.29 is 28.6 Å². The number of methoxy groups -OCH3 is 3. The normalized spacial score (nSPS) is 11.0. The molecule has 0 saturated carbocycles. The lowest BCUT2D eigenvalue weighted by atomic mass is 10.1. The fourth-order valence-corrected chi connectivity index (χ4v) is 3.49. The predicted molar refractivity (Wildman–Crippen MR) is 140 cm³/mol. The second kappa shape index (κ2) is 12.5. The standard InChI is InChI=1S/C28H31N3O6/c1-17-11-12-18(2)22(13-17)15-36-31-19(3)21-9-8-10-23(14-21)37-27-25(24(16-33-5)28(32)35-7)26(34-6)29-20(4)30-27/h8-14,16,31H,3,15H2,1-2,4-7H3. The maximum Gasteiger partial charge on any atom is 0.342 e. The van der Waals surface area contributed by atoms with Crippen molar-refractivity contribution in [3.63, 3.8) is 0 Å². The van der Waals surface area contributed by atoms with E-state index in [1.54, 1.807) is 25.1 Å². The highest BCUT2D eigenvalue weighted by Crippen LogP contribution is 2.36. The summed E-state index contributed by atoms with van der Waals surface area (Å²) in [6, 6.07) is 13.4. The molecule has 0 aliphatic carbocycles. The molecule has 0 fully saturated rings. The van der Waals surface area contributed by atoms with Gasteiger partial charge in [0.2, 0.25) is 11.8 Å². The number of ether oxygens (including phenoxy) is 4. The molecule has 1 heterocycles. The van der Waals surface area contributed by atoms with E-state index in [-0.39, 0.29) is 22.9 Å². The van der Waals surface area contributed by atoms with Crippen LogP contribution in [0.4, 0.5) is 0 Å². The van der Waals surface area contributed by atoms with Crippen LogP contribution in [0.25, 0.3) is 11.3 Å². The van der Waals surface area contributed by atoms with Crippen molar-refractivity contribution in [1.82, 2.24) is 15.4 Å². The summed E-state index contributed by atoms with van der Waals surface area (Å²) in [6.07, 6.45) is 1.23. The van der Waals surface area contributed by atoms with Crippen LogP contribution in [-0.4, -0.2) is 37.3 Å². The van der Waals surface area contributed by atoms with Crippen LogP contribution in [-0.2, 0) is 25.7 Å². The van der Waals surface area contributed by atoms with E-state index in [0.717, 1.165) is 16.7 Å². The van der Waals surface area contributed by atoms with Gasteiger partial charge in [0.05, 0.1) is 39.9 Å². The van der Waals surface area contributed by atoms with Crippen molar-refractivity contribution in [2.45, 2.75) is 27.4 Å². The van der Waals surface area contributed by atoms with Gasteiger partial charge in [-0.05, 0) is 44.0 Å². The second-order valence-electron chi connectivity index (χ2n) is 8.15. The van der Waals surface area contributed by atoms with Gasteiger partial charge in [0.1, 0.15) is 22.7 Å². The Bertz CT molecular complexity index is 1320. The number of hydrogen-bond donors (Lipinski definition) is 1. The molecule has 194 valence electrons. The molecule has 0 aliphatic heterocycles. The van der Waals surface area contributed by atoms with Gasteiger partial charge in [-0.1, -0.05) is 42.5 Å². The van der Waals surface area contributed by atoms with Crippen molar-refractivity contribution in [2.24, 2.45) is 0 Å². The molecule has 3 rings (SSSR count). The number of carbonyl (C=O) groups is 1. The molecule has 0 amide bonds. The predicted octanol–water partition coefficient (Wildman–Crippen LogP) is 5.06. The lowest BCUT2D eigenvalue weighted by Crippen LogP contribution is -2.13. The highest BCUT2D eigenvalue weighted by molar-refractivity contribution is 6.17. The quantitative estimate of drug-likeness (QED) is 0.166. The zero-order valence-electron chi connectivity index (χ0n) is 21.9. The number of nitrogens with zero attached hydrogens (tertiary/aromatic N) is 2. The lowest BCUT2D eigenvalue weighted by molar-refractivity contribution is -0.133. The van der Waals surface area contributed by atoms with Crippen LogP contribution < -0.4 is 15.0 Å². The van der Waals surface area contributed by atoms with E-state index in [1.165, 1.54) is 33.2 Å². The fourth-order valence-electron chi connectivity index (χ4n) is 3.49. The molecule has 37 heavy (non-hydrogen) atoms. The average Bonchev–Trinajstić information content (AvgIpc) is 2.89. The Hall–Kier alpha value is -4.37. The molecule has 0 atom stereocenters. The van der Waals surface area contributed by atoms with Crippen molar-refractivity contribution in [3.05, 3.63) is 88.9 Å². The number of benzene rings is 2. The first kappa shape index (κ1) is 27.2. The van der Waals surface area contributed by atoms with E-state index in [0.29, 0.717) is 23.9 Å². The first-order chi connectivity index (χ1) is 17.8. The smallest absolute Gasteiger partial charge is 0.342 e. The van der Waals surface area contributed by atoms with Gasteiger partial charge in [0, 0.05) is 5.56 Å². The minimum atomic E-state index is -0.662. The van der Waals surface area contributed by atoms with Gasteiger partial charge in [-0.2, -0.15) is 9.97 Å². The molecule has 1 aromatic heterocycles.